The van der Waals surface area contributed by atoms with Crippen molar-refractivity contribution in [2.24, 2.45) is 0 Å². The van der Waals surface area contributed by atoms with E-state index in [4.69, 9.17) is 5.26 Å². The third-order valence-electron chi connectivity index (χ3n) is 2.34. The molecule has 0 aliphatic carbocycles. The maximum atomic E-state index is 8.72. The maximum Gasteiger partial charge on any atom is 0.142 e. The van der Waals surface area contributed by atoms with Crippen molar-refractivity contribution in [3.8, 4) is 6.07 Å². The van der Waals surface area contributed by atoms with E-state index >= 15 is 0 Å². The van der Waals surface area contributed by atoms with E-state index in [9.17, 15) is 0 Å². The Morgan fingerprint density at radius 3 is 2.62 bits per heavy atom. The van der Waals surface area contributed by atoms with Crippen molar-refractivity contribution in [3.63, 3.8) is 0 Å². The van der Waals surface area contributed by atoms with Gasteiger partial charge < -0.3 is 10.2 Å². The first-order valence-electron chi connectivity index (χ1n) is 4.72. The largest absolute Gasteiger partial charge is 0.369 e. The van der Waals surface area contributed by atoms with E-state index in [-0.39, 0.29) is 24.8 Å². The molecule has 1 aromatic heterocycles. The van der Waals surface area contributed by atoms with Crippen LogP contribution in [0, 0.1) is 11.3 Å². The standard InChI is InChI=1S/C10H12N4.2ClH/c11-8-9-7-10(1-2-13-9)14-5-3-12-4-6-14;;/h1-2,7,12H,3-6H2;2*1H. The maximum absolute atomic E-state index is 8.72. The first kappa shape index (κ1) is 15.0. The Kier molecular flexibility index (Phi) is 6.82. The first-order chi connectivity index (χ1) is 6.90. The number of hydrogen-bond donors (Lipinski definition) is 1. The lowest BCUT2D eigenvalue weighted by molar-refractivity contribution is 0.589. The van der Waals surface area contributed by atoms with Crippen LogP contribution in [0.4, 0.5) is 5.69 Å². The Labute approximate surface area is 107 Å². The van der Waals surface area contributed by atoms with Gasteiger partial charge >= 0.3 is 0 Å². The van der Waals surface area contributed by atoms with Crippen LogP contribution in [0.1, 0.15) is 5.69 Å². The molecule has 88 valence electrons. The number of nitrogens with one attached hydrogen (secondary N) is 1. The lowest BCUT2D eigenvalue weighted by Crippen LogP contribution is -2.43. The fourth-order valence-corrected chi connectivity index (χ4v) is 1.60. The highest BCUT2D eigenvalue weighted by Crippen LogP contribution is 2.14. The summed E-state index contributed by atoms with van der Waals surface area (Å²) in [5.74, 6) is 0. The summed E-state index contributed by atoms with van der Waals surface area (Å²) in [4.78, 5) is 6.21. The van der Waals surface area contributed by atoms with Crippen molar-refractivity contribution in [1.82, 2.24) is 10.3 Å². The Bertz CT molecular complexity index is 358. The molecular weight excluding hydrogens is 247 g/mol. The molecule has 2 rings (SSSR count). The number of rotatable bonds is 1. The van der Waals surface area contributed by atoms with Crippen molar-refractivity contribution in [2.45, 2.75) is 0 Å². The molecule has 0 radical (unpaired) electrons. The smallest absolute Gasteiger partial charge is 0.142 e. The summed E-state index contributed by atoms with van der Waals surface area (Å²) in [6, 6.07) is 5.84. The van der Waals surface area contributed by atoms with Crippen LogP contribution in [0.5, 0.6) is 0 Å². The van der Waals surface area contributed by atoms with Crippen LogP contribution in [-0.2, 0) is 0 Å². The summed E-state index contributed by atoms with van der Waals surface area (Å²) in [6.45, 7) is 4.00. The summed E-state index contributed by atoms with van der Waals surface area (Å²) >= 11 is 0. The predicted molar refractivity (Wildman–Crippen MR) is 68.5 cm³/mol. The molecule has 16 heavy (non-hydrogen) atoms. The van der Waals surface area contributed by atoms with Gasteiger partial charge in [-0.25, -0.2) is 4.98 Å². The lowest BCUT2D eigenvalue weighted by atomic mass is 10.2. The van der Waals surface area contributed by atoms with Gasteiger partial charge in [0.15, 0.2) is 0 Å². The second-order valence-electron chi connectivity index (χ2n) is 3.25. The van der Waals surface area contributed by atoms with Gasteiger partial charge in [-0.15, -0.1) is 24.8 Å². The number of aromatic nitrogens is 1. The highest BCUT2D eigenvalue weighted by molar-refractivity contribution is 5.85. The number of pyridine rings is 1. The van der Waals surface area contributed by atoms with Crippen LogP contribution in [0.15, 0.2) is 18.3 Å². The molecule has 0 bridgehead atoms. The summed E-state index contributed by atoms with van der Waals surface area (Å²) < 4.78 is 0. The molecule has 6 heteroatoms. The molecule has 1 N–H and O–H groups in total. The van der Waals surface area contributed by atoms with Crippen LogP contribution in [0.25, 0.3) is 0 Å². The van der Waals surface area contributed by atoms with E-state index < -0.39 is 0 Å². The Morgan fingerprint density at radius 1 is 1.31 bits per heavy atom. The van der Waals surface area contributed by atoms with Gasteiger partial charge in [0.25, 0.3) is 0 Å². The SMILES string of the molecule is Cl.Cl.N#Cc1cc(N2CCNCC2)ccn1. The zero-order chi connectivity index (χ0) is 9.80. The quantitative estimate of drug-likeness (QED) is 0.825. The molecule has 0 spiro atoms. The molecular formula is C10H14Cl2N4. The van der Waals surface area contributed by atoms with E-state index in [0.717, 1.165) is 31.9 Å². The Balaban J connectivity index is 0.00000112. The molecule has 0 saturated carbocycles. The molecule has 0 unspecified atom stereocenters. The summed E-state index contributed by atoms with van der Waals surface area (Å²) in [7, 11) is 0. The van der Waals surface area contributed by atoms with Crippen molar-refractivity contribution < 1.29 is 0 Å². The molecule has 1 fully saturated rings. The van der Waals surface area contributed by atoms with Gasteiger partial charge in [-0.05, 0) is 12.1 Å². The molecule has 1 saturated heterocycles. The number of nitrogens with zero attached hydrogens (tertiary/aromatic N) is 3. The number of anilines is 1. The zero-order valence-electron chi connectivity index (χ0n) is 8.72. The van der Waals surface area contributed by atoms with E-state index in [1.54, 1.807) is 6.20 Å². The minimum Gasteiger partial charge on any atom is -0.369 e. The fraction of sp³-hybridized carbons (Fsp3) is 0.400. The molecule has 2 heterocycles. The molecule has 1 aliphatic rings. The molecule has 4 nitrogen and oxygen atoms in total. The van der Waals surface area contributed by atoms with Gasteiger partial charge in [0.2, 0.25) is 0 Å². The number of halogens is 2. The van der Waals surface area contributed by atoms with Crippen LogP contribution in [0.3, 0.4) is 0 Å². The Hall–Kier alpha value is -1.02. The van der Waals surface area contributed by atoms with Gasteiger partial charge in [-0.2, -0.15) is 5.26 Å². The second kappa shape index (κ2) is 7.29. The van der Waals surface area contributed by atoms with Gasteiger partial charge in [-0.3, -0.25) is 0 Å². The summed E-state index contributed by atoms with van der Waals surface area (Å²) in [5.41, 5.74) is 1.58. The van der Waals surface area contributed by atoms with E-state index in [2.05, 4.69) is 21.3 Å². The predicted octanol–water partition coefficient (Wildman–Crippen LogP) is 1.21. The molecule has 0 amide bonds. The van der Waals surface area contributed by atoms with Gasteiger partial charge in [0, 0.05) is 38.1 Å². The minimum atomic E-state index is 0. The number of hydrogen-bond acceptors (Lipinski definition) is 4. The highest BCUT2D eigenvalue weighted by Gasteiger charge is 2.10. The van der Waals surface area contributed by atoms with E-state index in [0.29, 0.717) is 5.69 Å². The third kappa shape index (κ3) is 3.53. The monoisotopic (exact) mass is 260 g/mol. The Morgan fingerprint density at radius 2 is 2.00 bits per heavy atom. The first-order valence-corrected chi connectivity index (χ1v) is 4.72. The van der Waals surface area contributed by atoms with Crippen molar-refractivity contribution in [1.29, 1.82) is 5.26 Å². The third-order valence-corrected chi connectivity index (χ3v) is 2.34. The van der Waals surface area contributed by atoms with Crippen LogP contribution < -0.4 is 10.2 Å². The summed E-state index contributed by atoms with van der Waals surface area (Å²) in [5, 5.41) is 12.0. The zero-order valence-corrected chi connectivity index (χ0v) is 10.4. The van der Waals surface area contributed by atoms with Gasteiger partial charge in [0.05, 0.1) is 0 Å². The van der Waals surface area contributed by atoms with Crippen molar-refractivity contribution >= 4 is 30.5 Å². The normalized spacial score (nSPS) is 14.3. The number of nitriles is 1. The van der Waals surface area contributed by atoms with Crippen molar-refractivity contribution in [3.05, 3.63) is 24.0 Å². The second-order valence-corrected chi connectivity index (χ2v) is 3.25. The average molecular weight is 261 g/mol. The highest BCUT2D eigenvalue weighted by atomic mass is 35.5. The fourth-order valence-electron chi connectivity index (χ4n) is 1.60. The van der Waals surface area contributed by atoms with E-state index in [1.165, 1.54) is 0 Å². The molecule has 1 aromatic rings. The van der Waals surface area contributed by atoms with Crippen LogP contribution in [-0.4, -0.2) is 31.2 Å². The average Bonchev–Trinajstić information content (AvgIpc) is 2.30. The van der Waals surface area contributed by atoms with E-state index in [1.807, 2.05) is 12.1 Å². The number of piperazine rings is 1. The summed E-state index contributed by atoms with van der Waals surface area (Å²) in [6.07, 6.45) is 1.69. The topological polar surface area (TPSA) is 52.0 Å². The molecule has 1 aliphatic heterocycles. The minimum absolute atomic E-state index is 0. The van der Waals surface area contributed by atoms with Crippen LogP contribution in [0.2, 0.25) is 0 Å². The molecule has 0 atom stereocenters. The van der Waals surface area contributed by atoms with Crippen molar-refractivity contribution in [2.75, 3.05) is 31.1 Å². The van der Waals surface area contributed by atoms with Gasteiger partial charge in [-0.1, -0.05) is 0 Å². The lowest BCUT2D eigenvalue weighted by Gasteiger charge is -2.29. The van der Waals surface area contributed by atoms with Gasteiger partial charge in [0.1, 0.15) is 11.8 Å². The molecule has 0 aromatic carbocycles. The van der Waals surface area contributed by atoms with Crippen LogP contribution >= 0.6 is 24.8 Å².